The summed E-state index contributed by atoms with van der Waals surface area (Å²) in [6, 6.07) is 8.30. The van der Waals surface area contributed by atoms with Gasteiger partial charge in [0.15, 0.2) is 0 Å². The van der Waals surface area contributed by atoms with E-state index >= 15 is 0 Å². The SMILES string of the molecule is C/C(=C\CO)CCC1OC1(C)C.O=C(O)c1ccccc1. The Balaban J connectivity index is 0.000000219. The normalized spacial score (nSPS) is 19.4. The quantitative estimate of drug-likeness (QED) is 0.645. The van der Waals surface area contributed by atoms with Gasteiger partial charge in [0.2, 0.25) is 0 Å². The molecule has 0 bridgehead atoms. The fraction of sp³-hybridized carbons (Fsp3) is 0.471. The minimum absolute atomic E-state index is 0.111. The van der Waals surface area contributed by atoms with Gasteiger partial charge >= 0.3 is 5.97 Å². The molecule has 1 aromatic carbocycles. The maximum atomic E-state index is 10.2. The van der Waals surface area contributed by atoms with Gasteiger partial charge in [0.05, 0.1) is 23.9 Å². The van der Waals surface area contributed by atoms with Crippen molar-refractivity contribution in [2.45, 2.75) is 45.3 Å². The van der Waals surface area contributed by atoms with Crippen molar-refractivity contribution >= 4 is 5.97 Å². The standard InChI is InChI=1S/C10H18O2.C7H6O2/c1-8(6-7-11)4-5-9-10(2,3)12-9;8-7(9)6-4-2-1-3-5-6/h6,9,11H,4-5,7H2,1-3H3;1-5H,(H,8,9)/b8-6+;. The summed E-state index contributed by atoms with van der Waals surface area (Å²) in [6.45, 7) is 6.43. The van der Waals surface area contributed by atoms with Crippen LogP contribution in [-0.4, -0.2) is 34.5 Å². The van der Waals surface area contributed by atoms with E-state index in [1.54, 1.807) is 30.3 Å². The number of benzene rings is 1. The summed E-state index contributed by atoms with van der Waals surface area (Å²) in [6.07, 6.45) is 4.40. The third kappa shape index (κ3) is 6.56. The second-order valence-electron chi connectivity index (χ2n) is 5.65. The van der Waals surface area contributed by atoms with E-state index in [1.807, 2.05) is 13.0 Å². The molecule has 4 heteroatoms. The Bertz CT molecular complexity index is 477. The van der Waals surface area contributed by atoms with Crippen LogP contribution in [0.2, 0.25) is 0 Å². The third-order valence-corrected chi connectivity index (χ3v) is 3.43. The van der Waals surface area contributed by atoms with Gasteiger partial charge in [-0.2, -0.15) is 0 Å². The van der Waals surface area contributed by atoms with Gasteiger partial charge in [-0.3, -0.25) is 0 Å². The molecule has 1 unspecified atom stereocenters. The van der Waals surface area contributed by atoms with Crippen LogP contribution >= 0.6 is 0 Å². The van der Waals surface area contributed by atoms with Crippen LogP contribution in [0.3, 0.4) is 0 Å². The van der Waals surface area contributed by atoms with Crippen molar-refractivity contribution in [1.82, 2.24) is 0 Å². The fourth-order valence-corrected chi connectivity index (χ4v) is 1.94. The van der Waals surface area contributed by atoms with Crippen molar-refractivity contribution in [3.63, 3.8) is 0 Å². The molecule has 1 aliphatic rings. The lowest BCUT2D eigenvalue weighted by atomic mass is 10.0. The first kappa shape index (κ1) is 17.4. The Morgan fingerprint density at radius 2 is 1.90 bits per heavy atom. The van der Waals surface area contributed by atoms with Crippen molar-refractivity contribution in [3.8, 4) is 0 Å². The second kappa shape index (κ2) is 7.96. The molecule has 0 spiro atoms. The Hall–Kier alpha value is -1.65. The first-order valence-electron chi connectivity index (χ1n) is 7.09. The third-order valence-electron chi connectivity index (χ3n) is 3.43. The zero-order valence-electron chi connectivity index (χ0n) is 12.9. The summed E-state index contributed by atoms with van der Waals surface area (Å²) in [7, 11) is 0. The summed E-state index contributed by atoms with van der Waals surface area (Å²) in [5.74, 6) is -0.879. The maximum Gasteiger partial charge on any atom is 0.335 e. The lowest BCUT2D eigenvalue weighted by Gasteiger charge is -1.98. The molecule has 1 saturated heterocycles. The molecule has 1 aliphatic heterocycles. The molecule has 0 saturated carbocycles. The molecule has 0 radical (unpaired) electrons. The molecular formula is C17H24O4. The lowest BCUT2D eigenvalue weighted by Crippen LogP contribution is -2.02. The molecule has 1 aromatic rings. The number of carbonyl (C=O) groups is 1. The number of hydrogen-bond acceptors (Lipinski definition) is 3. The van der Waals surface area contributed by atoms with E-state index in [9.17, 15) is 4.79 Å². The number of aromatic carboxylic acids is 1. The molecule has 21 heavy (non-hydrogen) atoms. The van der Waals surface area contributed by atoms with Crippen LogP contribution in [0.1, 0.15) is 44.0 Å². The molecule has 1 heterocycles. The average molecular weight is 292 g/mol. The molecule has 116 valence electrons. The largest absolute Gasteiger partial charge is 0.478 e. The number of carboxylic acid groups (broad SMARTS) is 1. The van der Waals surface area contributed by atoms with E-state index in [2.05, 4.69) is 13.8 Å². The van der Waals surface area contributed by atoms with Crippen LogP contribution in [0, 0.1) is 0 Å². The number of aliphatic hydroxyl groups excluding tert-OH is 1. The molecule has 2 rings (SSSR count). The number of rotatable bonds is 5. The highest BCUT2D eigenvalue weighted by molar-refractivity contribution is 5.87. The highest BCUT2D eigenvalue weighted by Crippen LogP contribution is 2.38. The molecule has 4 nitrogen and oxygen atoms in total. The van der Waals surface area contributed by atoms with Crippen molar-refractivity contribution in [3.05, 3.63) is 47.5 Å². The summed E-state index contributed by atoms with van der Waals surface area (Å²) in [5.41, 5.74) is 1.70. The van der Waals surface area contributed by atoms with E-state index in [4.69, 9.17) is 14.9 Å². The van der Waals surface area contributed by atoms with Gasteiger partial charge in [0.25, 0.3) is 0 Å². The predicted molar refractivity (Wildman–Crippen MR) is 82.4 cm³/mol. The van der Waals surface area contributed by atoms with Crippen LogP contribution in [0.15, 0.2) is 42.0 Å². The van der Waals surface area contributed by atoms with E-state index in [-0.39, 0.29) is 12.2 Å². The minimum atomic E-state index is -0.879. The number of ether oxygens (including phenoxy) is 1. The van der Waals surface area contributed by atoms with Gasteiger partial charge < -0.3 is 14.9 Å². The van der Waals surface area contributed by atoms with E-state index in [1.165, 1.54) is 5.57 Å². The van der Waals surface area contributed by atoms with Crippen molar-refractivity contribution in [2.24, 2.45) is 0 Å². The Kier molecular flexibility index (Phi) is 6.59. The van der Waals surface area contributed by atoms with Crippen LogP contribution in [-0.2, 0) is 4.74 Å². The fourth-order valence-electron chi connectivity index (χ4n) is 1.94. The number of hydrogen-bond donors (Lipinski definition) is 2. The van der Waals surface area contributed by atoms with E-state index in [0.717, 1.165) is 12.8 Å². The molecule has 2 N–H and O–H groups in total. The molecule has 0 amide bonds. The average Bonchev–Trinajstić information content (AvgIpc) is 3.06. The smallest absolute Gasteiger partial charge is 0.335 e. The van der Waals surface area contributed by atoms with Crippen LogP contribution < -0.4 is 0 Å². The Morgan fingerprint density at radius 1 is 1.33 bits per heavy atom. The van der Waals surface area contributed by atoms with Crippen molar-refractivity contribution in [2.75, 3.05) is 6.61 Å². The number of carboxylic acids is 1. The maximum absolute atomic E-state index is 10.2. The Labute approximate surface area is 126 Å². The van der Waals surface area contributed by atoms with Gasteiger partial charge in [-0.15, -0.1) is 0 Å². The summed E-state index contributed by atoms with van der Waals surface area (Å²) in [4.78, 5) is 10.2. The van der Waals surface area contributed by atoms with Crippen LogP contribution in [0.5, 0.6) is 0 Å². The number of epoxide rings is 1. The minimum Gasteiger partial charge on any atom is -0.478 e. The molecule has 0 aromatic heterocycles. The van der Waals surface area contributed by atoms with Crippen molar-refractivity contribution < 1.29 is 19.7 Å². The van der Waals surface area contributed by atoms with E-state index < -0.39 is 5.97 Å². The van der Waals surface area contributed by atoms with Gasteiger partial charge in [-0.25, -0.2) is 4.79 Å². The highest BCUT2D eigenvalue weighted by atomic mass is 16.6. The predicted octanol–water partition coefficient (Wildman–Crippen LogP) is 3.27. The first-order chi connectivity index (χ1) is 9.86. The topological polar surface area (TPSA) is 70.1 Å². The highest BCUT2D eigenvalue weighted by Gasteiger charge is 2.46. The number of allylic oxidation sites excluding steroid dienone is 1. The molecule has 0 aliphatic carbocycles. The van der Waals surface area contributed by atoms with Crippen LogP contribution in [0.4, 0.5) is 0 Å². The van der Waals surface area contributed by atoms with Crippen molar-refractivity contribution in [1.29, 1.82) is 0 Å². The van der Waals surface area contributed by atoms with Gasteiger partial charge in [0.1, 0.15) is 0 Å². The van der Waals surface area contributed by atoms with Gasteiger partial charge in [-0.05, 0) is 45.7 Å². The summed E-state index contributed by atoms with van der Waals surface area (Å²) < 4.78 is 5.44. The first-order valence-corrected chi connectivity index (χ1v) is 7.09. The lowest BCUT2D eigenvalue weighted by molar-refractivity contribution is 0.0697. The summed E-state index contributed by atoms with van der Waals surface area (Å²) in [5, 5.41) is 17.0. The number of aliphatic hydroxyl groups is 1. The molecule has 1 atom stereocenters. The summed E-state index contributed by atoms with van der Waals surface area (Å²) >= 11 is 0. The molecule has 1 fully saturated rings. The van der Waals surface area contributed by atoms with E-state index in [0.29, 0.717) is 11.7 Å². The molecular weight excluding hydrogens is 268 g/mol. The zero-order chi connectivity index (χ0) is 15.9. The monoisotopic (exact) mass is 292 g/mol. The Morgan fingerprint density at radius 3 is 2.29 bits per heavy atom. The van der Waals surface area contributed by atoms with Gasteiger partial charge in [-0.1, -0.05) is 29.8 Å². The second-order valence-corrected chi connectivity index (χ2v) is 5.65. The van der Waals surface area contributed by atoms with Crippen LogP contribution in [0.25, 0.3) is 0 Å². The van der Waals surface area contributed by atoms with Gasteiger partial charge in [0, 0.05) is 0 Å². The zero-order valence-corrected chi connectivity index (χ0v) is 12.9.